The summed E-state index contributed by atoms with van der Waals surface area (Å²) in [4.78, 5) is 16.7. The van der Waals surface area contributed by atoms with Gasteiger partial charge in [0.2, 0.25) is 0 Å². The Bertz CT molecular complexity index is 1160. The summed E-state index contributed by atoms with van der Waals surface area (Å²) < 4.78 is 19.9. The number of carbonyl (C=O) groups is 1. The number of hydrogen-bond donors (Lipinski definition) is 2. The number of hydrogen-bond acceptors (Lipinski definition) is 6. The number of thiol groups is 1. The molecule has 3 heterocycles. The number of ether oxygens (including phenoxy) is 1. The molecule has 1 N–H and O–H groups in total. The number of pyridine rings is 1. The summed E-state index contributed by atoms with van der Waals surface area (Å²) in [5.41, 5.74) is 2.14. The topological polar surface area (TPSA) is 86.1 Å². The number of carbonyl (C=O) groups excluding carboxylic acids is 1. The minimum absolute atomic E-state index is 0.164. The number of halogens is 1. The Morgan fingerprint density at radius 2 is 2.20 bits per heavy atom. The molecule has 1 saturated heterocycles. The summed E-state index contributed by atoms with van der Waals surface area (Å²) in [6.45, 7) is 2.51. The van der Waals surface area contributed by atoms with E-state index in [4.69, 9.17) is 9.84 Å². The van der Waals surface area contributed by atoms with Crippen molar-refractivity contribution in [3.63, 3.8) is 0 Å². The van der Waals surface area contributed by atoms with Crippen molar-refractivity contribution in [2.24, 2.45) is 0 Å². The van der Waals surface area contributed by atoms with E-state index in [1.165, 1.54) is 0 Å². The first kappa shape index (κ1) is 21.1. The minimum atomic E-state index is -1.56. The molecule has 7 nitrogen and oxygen atoms in total. The van der Waals surface area contributed by atoms with Gasteiger partial charge in [-0.3, -0.25) is 9.00 Å². The average Bonchev–Trinajstić information content (AvgIpc) is 3.27. The maximum absolute atomic E-state index is 12.4. The standard InChI is InChI=1S/C20H17IN4O3S2/c1-2-28-15-7-6-12(9-14(15)21)18-13(10-16-19(26)23-20(29)30(16)27)11-25(24-18)17-5-3-4-8-22-17/h3-11,20,29H,2H2,1H3,(H,23,26)/b16-10+. The fraction of sp³-hybridized carbons (Fsp3) is 0.150. The van der Waals surface area contributed by atoms with E-state index in [1.807, 2.05) is 43.3 Å². The Hall–Kier alpha value is -2.18. The molecule has 2 atom stereocenters. The molecular weight excluding hydrogens is 535 g/mol. The van der Waals surface area contributed by atoms with E-state index in [9.17, 15) is 9.00 Å². The van der Waals surface area contributed by atoms with E-state index in [-0.39, 0.29) is 4.91 Å². The highest BCUT2D eigenvalue weighted by Gasteiger charge is 2.32. The third kappa shape index (κ3) is 4.16. The van der Waals surface area contributed by atoms with E-state index < -0.39 is 21.4 Å². The van der Waals surface area contributed by atoms with Gasteiger partial charge in [0.25, 0.3) is 5.91 Å². The van der Waals surface area contributed by atoms with Crippen LogP contribution in [-0.2, 0) is 15.6 Å². The second-order valence-electron chi connectivity index (χ2n) is 6.28. The molecule has 1 amide bonds. The van der Waals surface area contributed by atoms with E-state index in [2.05, 4.69) is 45.5 Å². The highest BCUT2D eigenvalue weighted by Crippen LogP contribution is 2.32. The fourth-order valence-electron chi connectivity index (χ4n) is 2.96. The molecule has 10 heteroatoms. The molecule has 3 aromatic rings. The van der Waals surface area contributed by atoms with E-state index >= 15 is 0 Å². The smallest absolute Gasteiger partial charge is 0.262 e. The predicted molar refractivity (Wildman–Crippen MR) is 128 cm³/mol. The van der Waals surface area contributed by atoms with Crippen molar-refractivity contribution in [2.75, 3.05) is 6.61 Å². The molecule has 1 fully saturated rings. The maximum Gasteiger partial charge on any atom is 0.262 e. The van der Waals surface area contributed by atoms with Crippen molar-refractivity contribution < 1.29 is 13.7 Å². The first-order valence-corrected chi connectivity index (χ1v) is 11.8. The minimum Gasteiger partial charge on any atom is -0.493 e. The number of rotatable bonds is 5. The van der Waals surface area contributed by atoms with Crippen LogP contribution in [0.4, 0.5) is 0 Å². The molecule has 0 saturated carbocycles. The van der Waals surface area contributed by atoms with Crippen LogP contribution in [0.25, 0.3) is 23.2 Å². The predicted octanol–water partition coefficient (Wildman–Crippen LogP) is 3.37. The molecule has 0 radical (unpaired) electrons. The van der Waals surface area contributed by atoms with Crippen LogP contribution >= 0.6 is 35.2 Å². The van der Waals surface area contributed by atoms with Gasteiger partial charge < -0.3 is 10.1 Å². The van der Waals surface area contributed by atoms with Crippen LogP contribution in [0.15, 0.2) is 53.7 Å². The van der Waals surface area contributed by atoms with Crippen LogP contribution in [0, 0.1) is 3.57 Å². The Kier molecular flexibility index (Phi) is 6.25. The number of amides is 1. The lowest BCUT2D eigenvalue weighted by molar-refractivity contribution is -0.116. The molecule has 0 aliphatic carbocycles. The largest absolute Gasteiger partial charge is 0.493 e. The van der Waals surface area contributed by atoms with Crippen molar-refractivity contribution in [3.05, 3.63) is 62.8 Å². The lowest BCUT2D eigenvalue weighted by Crippen LogP contribution is -2.21. The quantitative estimate of drug-likeness (QED) is 0.288. The summed E-state index contributed by atoms with van der Waals surface area (Å²) in [5.74, 6) is 1.03. The summed E-state index contributed by atoms with van der Waals surface area (Å²) in [5, 5.41) is 7.26. The average molecular weight is 552 g/mol. The first-order valence-electron chi connectivity index (χ1n) is 9.03. The van der Waals surface area contributed by atoms with Crippen molar-refractivity contribution >= 4 is 58.0 Å². The molecular formula is C20H17IN4O3S2. The maximum atomic E-state index is 12.4. The van der Waals surface area contributed by atoms with Crippen LogP contribution in [0.5, 0.6) is 5.75 Å². The lowest BCUT2D eigenvalue weighted by Gasteiger charge is -2.07. The van der Waals surface area contributed by atoms with Crippen LogP contribution < -0.4 is 10.1 Å². The molecule has 30 heavy (non-hydrogen) atoms. The van der Waals surface area contributed by atoms with Crippen LogP contribution in [0.2, 0.25) is 0 Å². The van der Waals surface area contributed by atoms with Crippen molar-refractivity contribution in [2.45, 2.75) is 11.6 Å². The van der Waals surface area contributed by atoms with Crippen molar-refractivity contribution in [3.8, 4) is 22.8 Å². The van der Waals surface area contributed by atoms with Gasteiger partial charge in [0.05, 0.1) is 21.0 Å². The third-order valence-corrected chi connectivity index (χ3v) is 7.12. The van der Waals surface area contributed by atoms with Gasteiger partial charge in [0, 0.05) is 23.5 Å². The van der Waals surface area contributed by atoms with Gasteiger partial charge in [-0.25, -0.2) is 9.67 Å². The van der Waals surface area contributed by atoms with Gasteiger partial charge in [-0.2, -0.15) is 5.10 Å². The summed E-state index contributed by atoms with van der Waals surface area (Å²) in [6, 6.07) is 11.3. The zero-order valence-electron chi connectivity index (χ0n) is 15.8. The van der Waals surface area contributed by atoms with Crippen LogP contribution in [0.1, 0.15) is 12.5 Å². The molecule has 2 unspecified atom stereocenters. The molecule has 0 spiro atoms. The Morgan fingerprint density at radius 3 is 2.83 bits per heavy atom. The second kappa shape index (κ2) is 8.90. The summed E-state index contributed by atoms with van der Waals surface area (Å²) >= 11 is 6.37. The number of benzene rings is 1. The third-order valence-electron chi connectivity index (χ3n) is 4.32. The monoisotopic (exact) mass is 552 g/mol. The molecule has 1 aliphatic rings. The Balaban J connectivity index is 1.85. The first-order chi connectivity index (χ1) is 14.5. The van der Waals surface area contributed by atoms with E-state index in [0.717, 1.165) is 14.9 Å². The van der Waals surface area contributed by atoms with E-state index in [0.29, 0.717) is 23.7 Å². The van der Waals surface area contributed by atoms with Crippen LogP contribution in [0.3, 0.4) is 0 Å². The molecule has 1 aromatic carbocycles. The zero-order valence-corrected chi connectivity index (χ0v) is 19.6. The number of nitrogens with one attached hydrogen (secondary N) is 1. The van der Waals surface area contributed by atoms with Gasteiger partial charge in [-0.15, -0.1) is 12.6 Å². The van der Waals surface area contributed by atoms with Crippen molar-refractivity contribution in [1.29, 1.82) is 0 Å². The lowest BCUT2D eigenvalue weighted by atomic mass is 10.1. The van der Waals surface area contributed by atoms with Gasteiger partial charge in [0.1, 0.15) is 16.3 Å². The Labute approximate surface area is 194 Å². The van der Waals surface area contributed by atoms with Gasteiger partial charge in [0.15, 0.2) is 10.5 Å². The molecule has 4 rings (SSSR count). The normalized spacial score (nSPS) is 19.8. The van der Waals surface area contributed by atoms with E-state index in [1.54, 1.807) is 23.2 Å². The van der Waals surface area contributed by atoms with Gasteiger partial charge >= 0.3 is 0 Å². The zero-order chi connectivity index (χ0) is 21.3. The van der Waals surface area contributed by atoms with Gasteiger partial charge in [-0.05, 0) is 65.9 Å². The van der Waals surface area contributed by atoms with Crippen LogP contribution in [-0.4, -0.2) is 36.2 Å². The number of nitrogens with zero attached hydrogens (tertiary/aromatic N) is 3. The SMILES string of the molecule is CCOc1ccc(-c2nn(-c3ccccn3)cc2/C=C2\C(=O)NC(S)S2=O)cc1I. The fourth-order valence-corrected chi connectivity index (χ4v) is 5.03. The second-order valence-corrected chi connectivity index (χ2v) is 9.81. The number of aromatic nitrogens is 3. The Morgan fingerprint density at radius 1 is 1.37 bits per heavy atom. The molecule has 154 valence electrons. The molecule has 0 bridgehead atoms. The van der Waals surface area contributed by atoms with Gasteiger partial charge in [-0.1, -0.05) is 6.07 Å². The summed E-state index contributed by atoms with van der Waals surface area (Å²) in [7, 11) is -1.56. The highest BCUT2D eigenvalue weighted by atomic mass is 127. The van der Waals surface area contributed by atoms with Crippen molar-refractivity contribution in [1.82, 2.24) is 20.1 Å². The highest BCUT2D eigenvalue weighted by molar-refractivity contribution is 14.1. The molecule has 2 aromatic heterocycles. The summed E-state index contributed by atoms with van der Waals surface area (Å²) in [6.07, 6.45) is 5.05. The molecule has 1 aliphatic heterocycles.